The van der Waals surface area contributed by atoms with Crippen LogP contribution >= 0.6 is 11.3 Å². The van der Waals surface area contributed by atoms with E-state index in [9.17, 15) is 9.59 Å². The van der Waals surface area contributed by atoms with Gasteiger partial charge < -0.3 is 14.4 Å². The number of likely N-dealkylation sites (tertiary alicyclic amines) is 1. The molecule has 3 heterocycles. The van der Waals surface area contributed by atoms with E-state index in [-0.39, 0.29) is 18.6 Å². The van der Waals surface area contributed by atoms with Gasteiger partial charge in [-0.2, -0.15) is 0 Å². The van der Waals surface area contributed by atoms with Crippen molar-refractivity contribution in [2.75, 3.05) is 18.7 Å². The molecular weight excluding hydrogens is 416 g/mol. The second-order valence-corrected chi connectivity index (χ2v) is 8.47. The highest BCUT2D eigenvalue weighted by atomic mass is 32.1. The van der Waals surface area contributed by atoms with E-state index in [1.165, 1.54) is 11.3 Å². The van der Waals surface area contributed by atoms with Crippen molar-refractivity contribution in [2.45, 2.75) is 25.8 Å². The zero-order valence-corrected chi connectivity index (χ0v) is 17.6. The van der Waals surface area contributed by atoms with Gasteiger partial charge in [0, 0.05) is 17.7 Å². The van der Waals surface area contributed by atoms with Crippen LogP contribution in [0.1, 0.15) is 28.8 Å². The molecule has 1 unspecified atom stereocenters. The Morgan fingerprint density at radius 1 is 1.13 bits per heavy atom. The van der Waals surface area contributed by atoms with Crippen molar-refractivity contribution >= 4 is 28.3 Å². The van der Waals surface area contributed by atoms with Gasteiger partial charge in [-0.15, -0.1) is 10.2 Å². The fourth-order valence-electron chi connectivity index (χ4n) is 3.83. The maximum Gasteiger partial charge on any atom is 0.254 e. The Kier molecular flexibility index (Phi) is 5.03. The number of nitrogens with zero attached hydrogens (tertiary/aromatic N) is 3. The molecule has 0 bridgehead atoms. The SMILES string of the molecule is Cc1cccc(-c2nnc(NC(=O)C3CCCN3C(=O)c3ccc4c(c3)OCO4)s2)c1. The average Bonchev–Trinajstić information content (AvgIpc) is 3.52. The fourth-order valence-corrected chi connectivity index (χ4v) is 4.58. The van der Waals surface area contributed by atoms with Crippen molar-refractivity contribution in [1.29, 1.82) is 0 Å². The number of nitrogens with one attached hydrogen (secondary N) is 1. The normalized spacial score (nSPS) is 17.1. The third kappa shape index (κ3) is 3.84. The van der Waals surface area contributed by atoms with Crippen LogP contribution in [0, 0.1) is 6.92 Å². The highest BCUT2D eigenvalue weighted by molar-refractivity contribution is 7.18. The van der Waals surface area contributed by atoms with Crippen LogP contribution in [0.4, 0.5) is 5.13 Å². The molecule has 5 rings (SSSR count). The highest BCUT2D eigenvalue weighted by Crippen LogP contribution is 2.34. The molecule has 1 N–H and O–H groups in total. The van der Waals surface area contributed by atoms with Crippen LogP contribution in [0.15, 0.2) is 42.5 Å². The van der Waals surface area contributed by atoms with Crippen LogP contribution in [-0.2, 0) is 4.79 Å². The van der Waals surface area contributed by atoms with E-state index in [0.717, 1.165) is 22.6 Å². The monoisotopic (exact) mass is 436 g/mol. The van der Waals surface area contributed by atoms with E-state index < -0.39 is 6.04 Å². The first kappa shape index (κ1) is 19.5. The predicted octanol–water partition coefficient (Wildman–Crippen LogP) is 3.49. The van der Waals surface area contributed by atoms with Crippen molar-refractivity contribution in [3.05, 3.63) is 53.6 Å². The molecule has 9 heteroatoms. The lowest BCUT2D eigenvalue weighted by molar-refractivity contribution is -0.119. The van der Waals surface area contributed by atoms with Crippen LogP contribution < -0.4 is 14.8 Å². The largest absolute Gasteiger partial charge is 0.454 e. The molecule has 2 aliphatic rings. The number of rotatable bonds is 4. The summed E-state index contributed by atoms with van der Waals surface area (Å²) in [4.78, 5) is 27.6. The second-order valence-electron chi connectivity index (χ2n) is 7.50. The summed E-state index contributed by atoms with van der Waals surface area (Å²) in [7, 11) is 0. The third-order valence-corrected chi connectivity index (χ3v) is 6.24. The van der Waals surface area contributed by atoms with Gasteiger partial charge in [0.15, 0.2) is 11.5 Å². The van der Waals surface area contributed by atoms with Crippen molar-refractivity contribution in [3.8, 4) is 22.1 Å². The Morgan fingerprint density at radius 3 is 2.87 bits per heavy atom. The summed E-state index contributed by atoms with van der Waals surface area (Å²) in [5.74, 6) is 0.712. The van der Waals surface area contributed by atoms with E-state index in [0.29, 0.717) is 35.2 Å². The van der Waals surface area contributed by atoms with Gasteiger partial charge in [0.05, 0.1) is 0 Å². The van der Waals surface area contributed by atoms with E-state index in [4.69, 9.17) is 9.47 Å². The minimum absolute atomic E-state index is 0.147. The quantitative estimate of drug-likeness (QED) is 0.673. The lowest BCUT2D eigenvalue weighted by atomic mass is 10.1. The fraction of sp³-hybridized carbons (Fsp3) is 0.273. The summed E-state index contributed by atoms with van der Waals surface area (Å²) in [6.07, 6.45) is 1.37. The first-order valence-corrected chi connectivity index (χ1v) is 10.8. The van der Waals surface area contributed by atoms with Crippen LogP contribution in [0.2, 0.25) is 0 Å². The maximum atomic E-state index is 13.1. The molecule has 8 nitrogen and oxygen atoms in total. The number of amides is 2. The molecule has 0 aliphatic carbocycles. The molecule has 1 fully saturated rings. The Balaban J connectivity index is 1.29. The summed E-state index contributed by atoms with van der Waals surface area (Å²) in [6.45, 7) is 2.68. The van der Waals surface area contributed by atoms with E-state index in [1.807, 2.05) is 31.2 Å². The van der Waals surface area contributed by atoms with Gasteiger partial charge in [-0.05, 0) is 44.0 Å². The van der Waals surface area contributed by atoms with Gasteiger partial charge in [0.2, 0.25) is 17.8 Å². The number of hydrogen-bond acceptors (Lipinski definition) is 7. The number of aromatic nitrogens is 2. The van der Waals surface area contributed by atoms with Crippen LogP contribution in [-0.4, -0.2) is 46.3 Å². The van der Waals surface area contributed by atoms with Gasteiger partial charge in [-0.25, -0.2) is 0 Å². The molecule has 0 saturated carbocycles. The number of benzene rings is 2. The van der Waals surface area contributed by atoms with Gasteiger partial charge >= 0.3 is 0 Å². The van der Waals surface area contributed by atoms with Crippen LogP contribution in [0.25, 0.3) is 10.6 Å². The number of hydrogen-bond donors (Lipinski definition) is 1. The summed E-state index contributed by atoms with van der Waals surface area (Å²) in [5.41, 5.74) is 2.56. The zero-order valence-electron chi connectivity index (χ0n) is 16.8. The number of carbonyl (C=O) groups is 2. The number of aryl methyl sites for hydroxylation is 1. The molecular formula is C22H20N4O4S. The lowest BCUT2D eigenvalue weighted by Gasteiger charge is -2.23. The lowest BCUT2D eigenvalue weighted by Crippen LogP contribution is -2.43. The van der Waals surface area contributed by atoms with Crippen LogP contribution in [0.5, 0.6) is 11.5 Å². The predicted molar refractivity (Wildman–Crippen MR) is 115 cm³/mol. The molecule has 1 aromatic heterocycles. The molecule has 0 spiro atoms. The molecule has 1 saturated heterocycles. The van der Waals surface area contributed by atoms with E-state index >= 15 is 0 Å². The molecule has 31 heavy (non-hydrogen) atoms. The number of ether oxygens (including phenoxy) is 2. The first-order chi connectivity index (χ1) is 15.1. The topological polar surface area (TPSA) is 93.7 Å². The Hall–Kier alpha value is -3.46. The average molecular weight is 436 g/mol. The standard InChI is InChI=1S/C22H20N4O4S/c1-13-4-2-5-14(10-13)20-24-25-22(31-20)23-19(27)16-6-3-9-26(16)21(28)15-7-8-17-18(11-15)30-12-29-17/h2,4-5,7-8,10-11,16H,3,6,9,12H2,1H3,(H,23,25,27). The smallest absolute Gasteiger partial charge is 0.254 e. The summed E-state index contributed by atoms with van der Waals surface area (Å²) in [5, 5.41) is 12.3. The molecule has 3 aromatic rings. The Labute approximate surface area is 182 Å². The summed E-state index contributed by atoms with van der Waals surface area (Å²) >= 11 is 1.31. The van der Waals surface area contributed by atoms with Crippen LogP contribution in [0.3, 0.4) is 0 Å². The first-order valence-electron chi connectivity index (χ1n) is 10.0. The van der Waals surface area contributed by atoms with Crippen molar-refractivity contribution in [3.63, 3.8) is 0 Å². The van der Waals surface area contributed by atoms with Gasteiger partial charge in [-0.1, -0.05) is 35.1 Å². The third-order valence-electron chi connectivity index (χ3n) is 5.36. The Morgan fingerprint density at radius 2 is 2.00 bits per heavy atom. The van der Waals surface area contributed by atoms with Crippen molar-refractivity contribution < 1.29 is 19.1 Å². The number of anilines is 1. The molecule has 0 radical (unpaired) electrons. The molecule has 2 aromatic carbocycles. The minimum Gasteiger partial charge on any atom is -0.454 e. The second kappa shape index (κ2) is 7.99. The molecule has 1 atom stereocenters. The maximum absolute atomic E-state index is 13.1. The summed E-state index contributed by atoms with van der Waals surface area (Å²) < 4.78 is 10.7. The highest BCUT2D eigenvalue weighted by Gasteiger charge is 2.35. The zero-order chi connectivity index (χ0) is 21.4. The van der Waals surface area contributed by atoms with E-state index in [1.54, 1.807) is 23.1 Å². The molecule has 158 valence electrons. The Bertz CT molecular complexity index is 1160. The van der Waals surface area contributed by atoms with Gasteiger partial charge in [-0.3, -0.25) is 14.9 Å². The molecule has 2 aliphatic heterocycles. The molecule has 2 amide bonds. The van der Waals surface area contributed by atoms with E-state index in [2.05, 4.69) is 15.5 Å². The summed E-state index contributed by atoms with van der Waals surface area (Å²) in [6, 6.07) is 12.5. The number of fused-ring (bicyclic) bond motifs is 1. The van der Waals surface area contributed by atoms with Crippen molar-refractivity contribution in [2.24, 2.45) is 0 Å². The van der Waals surface area contributed by atoms with Crippen molar-refractivity contribution in [1.82, 2.24) is 15.1 Å². The number of carbonyl (C=O) groups excluding carboxylic acids is 2. The van der Waals surface area contributed by atoms with Gasteiger partial charge in [0.1, 0.15) is 11.0 Å². The van der Waals surface area contributed by atoms with Gasteiger partial charge in [0.25, 0.3) is 5.91 Å². The minimum atomic E-state index is -0.552.